The molecule has 4 nitrogen and oxygen atoms in total. The fraction of sp³-hybridized carbons (Fsp3) is 0.500. The van der Waals surface area contributed by atoms with Crippen LogP contribution in [0.3, 0.4) is 0 Å². The van der Waals surface area contributed by atoms with E-state index in [2.05, 4.69) is 26.9 Å². The van der Waals surface area contributed by atoms with Gasteiger partial charge in [0.15, 0.2) is 5.16 Å². The van der Waals surface area contributed by atoms with Crippen LogP contribution in [-0.2, 0) is 0 Å². The normalized spacial score (nSPS) is 19.7. The van der Waals surface area contributed by atoms with E-state index in [0.717, 1.165) is 15.6 Å². The molecule has 5 heteroatoms. The zero-order valence-electron chi connectivity index (χ0n) is 12.1. The van der Waals surface area contributed by atoms with Gasteiger partial charge in [-0.1, -0.05) is 12.1 Å². The summed E-state index contributed by atoms with van der Waals surface area (Å²) in [5.74, 6) is 1.84. The molecule has 0 spiro atoms. The van der Waals surface area contributed by atoms with Gasteiger partial charge in [-0.2, -0.15) is 0 Å². The summed E-state index contributed by atoms with van der Waals surface area (Å²) in [5, 5.41) is 19.4. The van der Waals surface area contributed by atoms with E-state index in [1.807, 2.05) is 12.1 Å². The van der Waals surface area contributed by atoms with E-state index in [1.165, 1.54) is 31.5 Å². The third-order valence-corrected chi connectivity index (χ3v) is 5.09. The summed E-state index contributed by atoms with van der Waals surface area (Å²) < 4.78 is 2.37. The Bertz CT molecular complexity index is 642. The standard InChI is InChI=1S/C16H19N3OS/c1-10(20)11-4-8-14(9-5-11)21-16-18-17-15(12-2-3-12)19(16)13-6-7-13/h4-5,8-10,12-13,20H,2-3,6-7H2,1H3/t10-/m1/s1. The topological polar surface area (TPSA) is 50.9 Å². The first-order chi connectivity index (χ1) is 10.2. The highest BCUT2D eigenvalue weighted by Crippen LogP contribution is 2.46. The van der Waals surface area contributed by atoms with Crippen LogP contribution >= 0.6 is 11.8 Å². The first-order valence-electron chi connectivity index (χ1n) is 7.63. The molecule has 2 saturated carbocycles. The fourth-order valence-electron chi connectivity index (χ4n) is 2.57. The molecule has 1 aromatic carbocycles. The second kappa shape index (κ2) is 5.14. The molecule has 0 bridgehead atoms. The molecule has 0 radical (unpaired) electrons. The van der Waals surface area contributed by atoms with Crippen LogP contribution in [0, 0.1) is 0 Å². The van der Waals surface area contributed by atoms with E-state index in [9.17, 15) is 5.11 Å². The Kier molecular flexibility index (Phi) is 3.27. The van der Waals surface area contributed by atoms with Crippen molar-refractivity contribution < 1.29 is 5.11 Å². The number of aliphatic hydroxyl groups excluding tert-OH is 1. The van der Waals surface area contributed by atoms with Crippen LogP contribution in [0.15, 0.2) is 34.3 Å². The van der Waals surface area contributed by atoms with Gasteiger partial charge in [-0.15, -0.1) is 10.2 Å². The van der Waals surface area contributed by atoms with Crippen LogP contribution in [0.4, 0.5) is 0 Å². The van der Waals surface area contributed by atoms with Crippen molar-refractivity contribution in [3.8, 4) is 0 Å². The Labute approximate surface area is 128 Å². The number of nitrogens with zero attached hydrogens (tertiary/aromatic N) is 3. The van der Waals surface area contributed by atoms with Crippen molar-refractivity contribution >= 4 is 11.8 Å². The molecule has 21 heavy (non-hydrogen) atoms. The molecule has 2 fully saturated rings. The zero-order valence-corrected chi connectivity index (χ0v) is 12.9. The van der Waals surface area contributed by atoms with Crippen LogP contribution in [-0.4, -0.2) is 19.9 Å². The summed E-state index contributed by atoms with van der Waals surface area (Å²) in [4.78, 5) is 1.15. The number of rotatable bonds is 5. The predicted molar refractivity (Wildman–Crippen MR) is 81.5 cm³/mol. The van der Waals surface area contributed by atoms with E-state index < -0.39 is 6.10 Å². The smallest absolute Gasteiger partial charge is 0.196 e. The molecule has 1 aromatic heterocycles. The molecule has 2 aromatic rings. The summed E-state index contributed by atoms with van der Waals surface area (Å²) in [6.07, 6.45) is 4.62. The third-order valence-electron chi connectivity index (χ3n) is 4.12. The first-order valence-corrected chi connectivity index (χ1v) is 8.44. The number of aliphatic hydroxyl groups is 1. The van der Waals surface area contributed by atoms with Crippen molar-refractivity contribution in [1.82, 2.24) is 14.8 Å². The fourth-order valence-corrected chi connectivity index (χ4v) is 3.48. The maximum absolute atomic E-state index is 9.57. The highest BCUT2D eigenvalue weighted by atomic mass is 32.2. The Balaban J connectivity index is 1.59. The van der Waals surface area contributed by atoms with Gasteiger partial charge in [-0.3, -0.25) is 0 Å². The number of benzene rings is 1. The molecule has 0 amide bonds. The van der Waals surface area contributed by atoms with Crippen molar-refractivity contribution in [3.63, 3.8) is 0 Å². The lowest BCUT2D eigenvalue weighted by Crippen LogP contribution is -2.01. The summed E-state index contributed by atoms with van der Waals surface area (Å²) in [6, 6.07) is 8.68. The van der Waals surface area contributed by atoms with E-state index >= 15 is 0 Å². The van der Waals surface area contributed by atoms with Gasteiger partial charge in [-0.05, 0) is 62.1 Å². The maximum Gasteiger partial charge on any atom is 0.196 e. The lowest BCUT2D eigenvalue weighted by molar-refractivity contribution is 0.199. The minimum absolute atomic E-state index is 0.416. The Morgan fingerprint density at radius 3 is 2.43 bits per heavy atom. The summed E-state index contributed by atoms with van der Waals surface area (Å²) >= 11 is 1.68. The highest BCUT2D eigenvalue weighted by Gasteiger charge is 2.36. The van der Waals surface area contributed by atoms with Crippen LogP contribution in [0.2, 0.25) is 0 Å². The van der Waals surface area contributed by atoms with Crippen molar-refractivity contribution in [2.45, 2.75) is 60.7 Å². The monoisotopic (exact) mass is 301 g/mol. The summed E-state index contributed by atoms with van der Waals surface area (Å²) in [5.41, 5.74) is 0.946. The summed E-state index contributed by atoms with van der Waals surface area (Å²) in [7, 11) is 0. The lowest BCUT2D eigenvalue weighted by atomic mass is 10.1. The van der Waals surface area contributed by atoms with Crippen molar-refractivity contribution in [2.24, 2.45) is 0 Å². The quantitative estimate of drug-likeness (QED) is 0.915. The predicted octanol–water partition coefficient (Wildman–Crippen LogP) is 3.69. The van der Waals surface area contributed by atoms with Crippen molar-refractivity contribution in [3.05, 3.63) is 35.7 Å². The van der Waals surface area contributed by atoms with Gasteiger partial charge in [0.05, 0.1) is 6.10 Å². The Morgan fingerprint density at radius 2 is 1.86 bits per heavy atom. The molecule has 1 N–H and O–H groups in total. The maximum atomic E-state index is 9.57. The second-order valence-electron chi connectivity index (χ2n) is 6.06. The Morgan fingerprint density at radius 1 is 1.14 bits per heavy atom. The molecule has 4 rings (SSSR count). The van der Waals surface area contributed by atoms with E-state index in [0.29, 0.717) is 12.0 Å². The highest BCUT2D eigenvalue weighted by molar-refractivity contribution is 7.99. The largest absolute Gasteiger partial charge is 0.389 e. The van der Waals surface area contributed by atoms with Gasteiger partial charge >= 0.3 is 0 Å². The minimum Gasteiger partial charge on any atom is -0.389 e. The van der Waals surface area contributed by atoms with Crippen molar-refractivity contribution in [1.29, 1.82) is 0 Å². The molecular formula is C16H19N3OS. The molecular weight excluding hydrogens is 282 g/mol. The molecule has 0 unspecified atom stereocenters. The van der Waals surface area contributed by atoms with Crippen LogP contribution in [0.25, 0.3) is 0 Å². The van der Waals surface area contributed by atoms with Crippen LogP contribution < -0.4 is 0 Å². The minimum atomic E-state index is -0.416. The molecule has 1 atom stereocenters. The van der Waals surface area contributed by atoms with Gasteiger partial charge in [0.25, 0.3) is 0 Å². The van der Waals surface area contributed by atoms with Crippen LogP contribution in [0.1, 0.15) is 62.1 Å². The number of hydrogen-bond acceptors (Lipinski definition) is 4. The van der Waals surface area contributed by atoms with Crippen LogP contribution in [0.5, 0.6) is 0 Å². The average Bonchev–Trinajstić information content (AvgIpc) is 3.39. The molecule has 1 heterocycles. The molecule has 0 saturated heterocycles. The van der Waals surface area contributed by atoms with Gasteiger partial charge in [0.2, 0.25) is 0 Å². The zero-order chi connectivity index (χ0) is 14.4. The van der Waals surface area contributed by atoms with Gasteiger partial charge in [-0.25, -0.2) is 0 Å². The Hall–Kier alpha value is -1.33. The first kappa shape index (κ1) is 13.3. The van der Waals surface area contributed by atoms with E-state index in [4.69, 9.17) is 0 Å². The third kappa shape index (κ3) is 2.72. The van der Waals surface area contributed by atoms with E-state index in [1.54, 1.807) is 18.7 Å². The van der Waals surface area contributed by atoms with Gasteiger partial charge in [0.1, 0.15) is 5.82 Å². The van der Waals surface area contributed by atoms with E-state index in [-0.39, 0.29) is 0 Å². The molecule has 2 aliphatic rings. The average molecular weight is 301 g/mol. The molecule has 110 valence electrons. The summed E-state index contributed by atoms with van der Waals surface area (Å²) in [6.45, 7) is 1.79. The van der Waals surface area contributed by atoms with Gasteiger partial charge < -0.3 is 9.67 Å². The van der Waals surface area contributed by atoms with Gasteiger partial charge in [0, 0.05) is 16.9 Å². The number of hydrogen-bond donors (Lipinski definition) is 1. The molecule has 2 aliphatic carbocycles. The number of aromatic nitrogens is 3. The SMILES string of the molecule is C[C@@H](O)c1ccc(Sc2nnc(C3CC3)n2C2CC2)cc1. The van der Waals surface area contributed by atoms with Crippen molar-refractivity contribution in [2.75, 3.05) is 0 Å². The molecule has 0 aliphatic heterocycles. The lowest BCUT2D eigenvalue weighted by Gasteiger charge is -2.09. The second-order valence-corrected chi connectivity index (χ2v) is 7.10.